The van der Waals surface area contributed by atoms with Crippen LogP contribution < -0.4 is 5.32 Å². The van der Waals surface area contributed by atoms with Crippen LogP contribution in [-0.2, 0) is 17.8 Å². The van der Waals surface area contributed by atoms with Crippen molar-refractivity contribution < 1.29 is 4.79 Å². The second-order valence-electron chi connectivity index (χ2n) is 4.65. The van der Waals surface area contributed by atoms with E-state index in [9.17, 15) is 4.79 Å². The zero-order valence-electron chi connectivity index (χ0n) is 11.6. The monoisotopic (exact) mass is 332 g/mol. The van der Waals surface area contributed by atoms with E-state index in [1.165, 1.54) is 0 Å². The summed E-state index contributed by atoms with van der Waals surface area (Å²) in [5.74, 6) is -0.0984. The van der Waals surface area contributed by atoms with Crippen molar-refractivity contribution in [2.75, 3.05) is 0 Å². The Morgan fingerprint density at radius 3 is 2.91 bits per heavy atom. The highest BCUT2D eigenvalue weighted by Crippen LogP contribution is 2.15. The fourth-order valence-electron chi connectivity index (χ4n) is 1.95. The second kappa shape index (κ2) is 6.72. The fraction of sp³-hybridized carbons (Fsp3) is 0.133. The Bertz CT molecular complexity index is 769. The summed E-state index contributed by atoms with van der Waals surface area (Å²) in [4.78, 5) is 12.0. The first-order valence-electron chi connectivity index (χ1n) is 6.67. The van der Waals surface area contributed by atoms with Crippen LogP contribution in [0, 0.1) is 0 Å². The third-order valence-corrected chi connectivity index (χ3v) is 4.27. The topological polar surface area (TPSA) is 59.8 Å². The highest BCUT2D eigenvalue weighted by atomic mass is 35.5. The van der Waals surface area contributed by atoms with Crippen LogP contribution in [0.2, 0.25) is 5.02 Å². The van der Waals surface area contributed by atoms with E-state index in [-0.39, 0.29) is 12.3 Å². The molecule has 0 aliphatic heterocycles. The van der Waals surface area contributed by atoms with Gasteiger partial charge in [-0.05, 0) is 29.1 Å². The Kier molecular flexibility index (Phi) is 4.50. The van der Waals surface area contributed by atoms with Gasteiger partial charge >= 0.3 is 0 Å². The molecule has 0 fully saturated rings. The molecule has 0 atom stereocenters. The first-order valence-corrected chi connectivity index (χ1v) is 7.93. The molecule has 112 valence electrons. The van der Waals surface area contributed by atoms with E-state index in [1.807, 2.05) is 41.9 Å². The van der Waals surface area contributed by atoms with Crippen LogP contribution in [0.15, 0.2) is 48.0 Å². The number of amides is 1. The molecule has 0 aliphatic carbocycles. The van der Waals surface area contributed by atoms with Crippen LogP contribution in [0.1, 0.15) is 11.3 Å². The molecule has 22 heavy (non-hydrogen) atoms. The van der Waals surface area contributed by atoms with Gasteiger partial charge in [0.1, 0.15) is 10.7 Å². The van der Waals surface area contributed by atoms with Crippen LogP contribution in [0.4, 0.5) is 0 Å². The minimum atomic E-state index is -0.0984. The number of hydrogen-bond donors (Lipinski definition) is 1. The van der Waals surface area contributed by atoms with Crippen molar-refractivity contribution in [2.45, 2.75) is 13.0 Å². The van der Waals surface area contributed by atoms with Crippen LogP contribution in [0.5, 0.6) is 0 Å². The third-order valence-electron chi connectivity index (χ3n) is 3.05. The summed E-state index contributed by atoms with van der Waals surface area (Å²) in [5.41, 5.74) is 1.52. The summed E-state index contributed by atoms with van der Waals surface area (Å²) < 4.78 is 1.69. The number of thiophene rings is 1. The van der Waals surface area contributed by atoms with Crippen LogP contribution >= 0.6 is 22.9 Å². The lowest BCUT2D eigenvalue weighted by Gasteiger charge is -2.04. The molecule has 7 heteroatoms. The highest BCUT2D eigenvalue weighted by molar-refractivity contribution is 7.12. The Morgan fingerprint density at radius 2 is 2.14 bits per heavy atom. The minimum Gasteiger partial charge on any atom is -0.350 e. The van der Waals surface area contributed by atoms with Gasteiger partial charge in [0.05, 0.1) is 19.2 Å². The van der Waals surface area contributed by atoms with Gasteiger partial charge < -0.3 is 5.32 Å². The van der Waals surface area contributed by atoms with Crippen LogP contribution in [0.3, 0.4) is 0 Å². The average Bonchev–Trinajstić information content (AvgIpc) is 3.18. The fourth-order valence-corrected chi connectivity index (χ4v) is 2.81. The Labute approximate surface area is 136 Å². The molecule has 3 rings (SSSR count). The van der Waals surface area contributed by atoms with Gasteiger partial charge in [0.25, 0.3) is 0 Å². The van der Waals surface area contributed by atoms with Crippen molar-refractivity contribution in [1.82, 2.24) is 20.3 Å². The second-order valence-corrected chi connectivity index (χ2v) is 5.98. The van der Waals surface area contributed by atoms with Gasteiger partial charge in [-0.2, -0.15) is 0 Å². The quantitative estimate of drug-likeness (QED) is 0.781. The molecule has 0 bridgehead atoms. The summed E-state index contributed by atoms with van der Waals surface area (Å²) in [6.45, 7) is 0.342. The average molecular weight is 333 g/mol. The van der Waals surface area contributed by atoms with Gasteiger partial charge in [-0.15, -0.1) is 16.4 Å². The van der Waals surface area contributed by atoms with Crippen molar-refractivity contribution >= 4 is 28.8 Å². The molecule has 5 nitrogen and oxygen atoms in total. The standard InChI is InChI=1S/C15H13ClN4OS/c16-13-5-2-1-4-11(13)8-14(21)17-9-12-10-20(19-18-12)15-6-3-7-22-15/h1-7,10H,8-9H2,(H,17,21). The van der Waals surface area contributed by atoms with E-state index in [0.29, 0.717) is 17.3 Å². The molecule has 2 heterocycles. The summed E-state index contributed by atoms with van der Waals surface area (Å²) in [5, 5.41) is 14.5. The number of nitrogens with zero attached hydrogens (tertiary/aromatic N) is 3. The number of carbonyl (C=O) groups excluding carboxylic acids is 1. The number of hydrogen-bond acceptors (Lipinski definition) is 4. The Hall–Kier alpha value is -2.18. The largest absolute Gasteiger partial charge is 0.350 e. The summed E-state index contributed by atoms with van der Waals surface area (Å²) in [6.07, 6.45) is 2.06. The summed E-state index contributed by atoms with van der Waals surface area (Å²) in [6, 6.07) is 11.2. The van der Waals surface area contributed by atoms with Crippen molar-refractivity contribution in [2.24, 2.45) is 0 Å². The highest BCUT2D eigenvalue weighted by Gasteiger charge is 2.08. The lowest BCUT2D eigenvalue weighted by molar-refractivity contribution is -0.120. The first kappa shape index (κ1) is 14.7. The van der Waals surface area contributed by atoms with Gasteiger partial charge in [0.2, 0.25) is 5.91 Å². The SMILES string of the molecule is O=C(Cc1ccccc1Cl)NCc1cn(-c2cccs2)nn1. The van der Waals surface area contributed by atoms with Crippen molar-refractivity contribution in [1.29, 1.82) is 0 Å². The molecule has 0 radical (unpaired) electrons. The number of carbonyl (C=O) groups is 1. The maximum atomic E-state index is 12.0. The minimum absolute atomic E-state index is 0.0984. The number of benzene rings is 1. The molecule has 0 unspecified atom stereocenters. The number of rotatable bonds is 5. The van der Waals surface area contributed by atoms with Crippen LogP contribution in [-0.4, -0.2) is 20.9 Å². The number of nitrogens with one attached hydrogen (secondary N) is 1. The molecule has 0 spiro atoms. The molecule has 0 saturated heterocycles. The van der Waals surface area contributed by atoms with Gasteiger partial charge in [-0.25, -0.2) is 4.68 Å². The molecular formula is C15H13ClN4OS. The van der Waals surface area contributed by atoms with Crippen molar-refractivity contribution in [3.05, 3.63) is 64.3 Å². The lowest BCUT2D eigenvalue weighted by atomic mass is 10.1. The van der Waals surface area contributed by atoms with E-state index in [4.69, 9.17) is 11.6 Å². The number of aromatic nitrogens is 3. The van der Waals surface area contributed by atoms with Gasteiger partial charge in [0.15, 0.2) is 0 Å². The van der Waals surface area contributed by atoms with Crippen molar-refractivity contribution in [3.63, 3.8) is 0 Å². The lowest BCUT2D eigenvalue weighted by Crippen LogP contribution is -2.24. The third kappa shape index (κ3) is 3.52. The first-order chi connectivity index (χ1) is 10.7. The van der Waals surface area contributed by atoms with E-state index >= 15 is 0 Å². The molecule has 3 aromatic rings. The molecule has 2 aromatic heterocycles. The van der Waals surface area contributed by atoms with Gasteiger partial charge in [-0.1, -0.05) is 35.0 Å². The molecule has 1 N–H and O–H groups in total. The zero-order valence-corrected chi connectivity index (χ0v) is 13.1. The smallest absolute Gasteiger partial charge is 0.224 e. The van der Waals surface area contributed by atoms with Crippen LogP contribution in [0.25, 0.3) is 5.00 Å². The molecule has 0 aliphatic rings. The molecule has 0 saturated carbocycles. The summed E-state index contributed by atoms with van der Waals surface area (Å²) >= 11 is 7.62. The predicted molar refractivity (Wildman–Crippen MR) is 86.2 cm³/mol. The normalized spacial score (nSPS) is 10.6. The summed E-state index contributed by atoms with van der Waals surface area (Å²) in [7, 11) is 0. The zero-order chi connectivity index (χ0) is 15.4. The molecule has 1 amide bonds. The van der Waals surface area contributed by atoms with Gasteiger partial charge in [-0.3, -0.25) is 4.79 Å². The van der Waals surface area contributed by atoms with E-state index in [1.54, 1.807) is 22.1 Å². The predicted octanol–water partition coefficient (Wildman–Crippen LogP) is 2.84. The van der Waals surface area contributed by atoms with Crippen molar-refractivity contribution in [3.8, 4) is 5.00 Å². The Morgan fingerprint density at radius 1 is 1.27 bits per heavy atom. The number of halogens is 1. The Balaban J connectivity index is 1.56. The van der Waals surface area contributed by atoms with E-state index < -0.39 is 0 Å². The molecule has 1 aromatic carbocycles. The molecular weight excluding hydrogens is 320 g/mol. The maximum absolute atomic E-state index is 12.0. The van der Waals surface area contributed by atoms with E-state index in [0.717, 1.165) is 10.6 Å². The maximum Gasteiger partial charge on any atom is 0.224 e. The van der Waals surface area contributed by atoms with E-state index in [2.05, 4.69) is 15.6 Å². The van der Waals surface area contributed by atoms with Gasteiger partial charge in [0, 0.05) is 5.02 Å².